The maximum absolute atomic E-state index is 12.3. The first-order valence-electron chi connectivity index (χ1n) is 7.29. The number of halogens is 6. The molecule has 0 rings (SSSR count). The van der Waals surface area contributed by atoms with Gasteiger partial charge in [0.25, 0.3) is 0 Å². The first-order chi connectivity index (χ1) is 11.5. The molecular formula is C15H21F6N3O. The van der Waals surface area contributed by atoms with Gasteiger partial charge in [0.15, 0.2) is 6.61 Å². The fourth-order valence-corrected chi connectivity index (χ4v) is 1.45. The summed E-state index contributed by atoms with van der Waals surface area (Å²) in [5.74, 6) is -0.312. The highest BCUT2D eigenvalue weighted by molar-refractivity contribution is 5.65. The molecule has 0 amide bonds. The van der Waals surface area contributed by atoms with Crippen molar-refractivity contribution in [2.45, 2.75) is 38.2 Å². The van der Waals surface area contributed by atoms with Crippen LogP contribution in [0, 0.1) is 0 Å². The fraction of sp³-hybridized carbons (Fsp3) is 0.533. The maximum Gasteiger partial charge on any atom is 0.422 e. The average molecular weight is 373 g/mol. The van der Waals surface area contributed by atoms with Crippen LogP contribution in [-0.2, 0) is 4.74 Å². The Morgan fingerprint density at radius 3 is 2.28 bits per heavy atom. The van der Waals surface area contributed by atoms with Crippen molar-refractivity contribution in [3.8, 4) is 0 Å². The lowest BCUT2D eigenvalue weighted by molar-refractivity contribution is -0.164. The minimum absolute atomic E-state index is 0.312. The molecule has 0 aromatic heterocycles. The van der Waals surface area contributed by atoms with Gasteiger partial charge >= 0.3 is 12.4 Å². The second-order valence-electron chi connectivity index (χ2n) is 4.81. The molecule has 4 nitrogen and oxygen atoms in total. The number of ether oxygens (including phenoxy) is 1. The van der Waals surface area contributed by atoms with Crippen molar-refractivity contribution in [1.29, 1.82) is 0 Å². The van der Waals surface area contributed by atoms with Gasteiger partial charge in [-0.1, -0.05) is 26.2 Å². The zero-order valence-corrected chi connectivity index (χ0v) is 13.7. The van der Waals surface area contributed by atoms with E-state index in [0.717, 1.165) is 11.1 Å². The van der Waals surface area contributed by atoms with Gasteiger partial charge in [-0.25, -0.2) is 10.4 Å². The van der Waals surface area contributed by atoms with Gasteiger partial charge in [0.2, 0.25) is 5.88 Å². The first kappa shape index (κ1) is 23.0. The van der Waals surface area contributed by atoms with Crippen LogP contribution < -0.4 is 5.43 Å². The molecule has 0 heterocycles. The highest BCUT2D eigenvalue weighted by Gasteiger charge is 2.29. The van der Waals surface area contributed by atoms with Gasteiger partial charge in [0.1, 0.15) is 0 Å². The summed E-state index contributed by atoms with van der Waals surface area (Å²) in [5.41, 5.74) is 2.73. The van der Waals surface area contributed by atoms with E-state index in [9.17, 15) is 26.3 Å². The minimum Gasteiger partial charge on any atom is -0.468 e. The summed E-state index contributed by atoms with van der Waals surface area (Å²) in [6, 6.07) is -0.533. The summed E-state index contributed by atoms with van der Waals surface area (Å²) in [6.07, 6.45) is -4.69. The number of alkyl halides is 6. The summed E-state index contributed by atoms with van der Waals surface area (Å²) >= 11 is 0. The van der Waals surface area contributed by atoms with E-state index in [1.807, 2.05) is 0 Å². The van der Waals surface area contributed by atoms with E-state index in [4.69, 9.17) is 0 Å². The molecule has 0 saturated carbocycles. The Kier molecular flexibility index (Phi) is 9.95. The van der Waals surface area contributed by atoms with E-state index in [1.165, 1.54) is 18.5 Å². The summed E-state index contributed by atoms with van der Waals surface area (Å²) in [7, 11) is 0. The van der Waals surface area contributed by atoms with Crippen LogP contribution >= 0.6 is 0 Å². The number of nitrogens with zero attached hydrogens (tertiary/aromatic N) is 2. The molecule has 144 valence electrons. The molecule has 0 saturated heterocycles. The molecule has 0 radical (unpaired) electrons. The molecule has 0 aliphatic rings. The van der Waals surface area contributed by atoms with Gasteiger partial charge in [-0.05, 0) is 12.5 Å². The van der Waals surface area contributed by atoms with Crippen molar-refractivity contribution in [1.82, 2.24) is 10.4 Å². The van der Waals surface area contributed by atoms with Gasteiger partial charge in [-0.3, -0.25) is 0 Å². The van der Waals surface area contributed by atoms with Crippen molar-refractivity contribution in [3.05, 3.63) is 37.4 Å². The summed E-state index contributed by atoms with van der Waals surface area (Å²) in [5, 5.41) is 1.14. The lowest BCUT2D eigenvalue weighted by Crippen LogP contribution is -2.43. The van der Waals surface area contributed by atoms with Crippen LogP contribution in [0.3, 0.4) is 0 Å². The molecular weight excluding hydrogens is 352 g/mol. The number of allylic oxidation sites excluding steroid dienone is 2. The van der Waals surface area contributed by atoms with Crippen LogP contribution in [0.1, 0.15) is 19.8 Å². The third-order valence-electron chi connectivity index (χ3n) is 2.65. The lowest BCUT2D eigenvalue weighted by Gasteiger charge is -2.25. The van der Waals surface area contributed by atoms with E-state index in [0.29, 0.717) is 6.42 Å². The Morgan fingerprint density at radius 1 is 1.20 bits per heavy atom. The topological polar surface area (TPSA) is 36.9 Å². The van der Waals surface area contributed by atoms with Crippen LogP contribution in [0.4, 0.5) is 26.3 Å². The second-order valence-corrected chi connectivity index (χ2v) is 4.81. The Bertz CT molecular complexity index is 471. The SMILES string of the molecule is C=C/C=C(\N=C/C(CC)NN(C=C)CCC(F)(F)F)OCC(F)(F)F. The average Bonchev–Trinajstić information content (AvgIpc) is 2.50. The molecule has 0 spiro atoms. The van der Waals surface area contributed by atoms with Gasteiger partial charge in [0.05, 0.1) is 12.5 Å². The summed E-state index contributed by atoms with van der Waals surface area (Å²) in [6.45, 7) is 6.60. The minimum atomic E-state index is -4.52. The van der Waals surface area contributed by atoms with Crippen LogP contribution in [0.5, 0.6) is 0 Å². The highest BCUT2D eigenvalue weighted by atomic mass is 19.4. The molecule has 25 heavy (non-hydrogen) atoms. The third-order valence-corrected chi connectivity index (χ3v) is 2.65. The normalized spacial score (nSPS) is 14.4. The summed E-state index contributed by atoms with van der Waals surface area (Å²) < 4.78 is 77.8. The summed E-state index contributed by atoms with van der Waals surface area (Å²) in [4.78, 5) is 3.78. The van der Waals surface area contributed by atoms with Crippen molar-refractivity contribution in [2.24, 2.45) is 4.99 Å². The molecule has 0 bridgehead atoms. The second kappa shape index (κ2) is 10.8. The standard InChI is InChI=1S/C15H21F6N3O/c1-4-7-13(25-11-15(19,20)21)22-10-12(5-2)23-24(6-3)9-8-14(16,17)18/h4,6-7,10,12,23H,1,3,5,8-9,11H2,2H3/b13-7+,22-10-. The van der Waals surface area contributed by atoms with Crippen LogP contribution in [0.15, 0.2) is 42.4 Å². The molecule has 0 aliphatic carbocycles. The Morgan fingerprint density at radius 2 is 1.84 bits per heavy atom. The molecule has 0 fully saturated rings. The van der Waals surface area contributed by atoms with Gasteiger partial charge in [-0.15, -0.1) is 0 Å². The van der Waals surface area contributed by atoms with Crippen LogP contribution in [0.25, 0.3) is 0 Å². The van der Waals surface area contributed by atoms with Gasteiger partial charge in [-0.2, -0.15) is 26.3 Å². The molecule has 0 aromatic rings. The van der Waals surface area contributed by atoms with Gasteiger partial charge in [0, 0.05) is 19.0 Å². The highest BCUT2D eigenvalue weighted by Crippen LogP contribution is 2.19. The Balaban J connectivity index is 4.79. The van der Waals surface area contributed by atoms with E-state index < -0.39 is 31.4 Å². The predicted octanol–water partition coefficient (Wildman–Crippen LogP) is 4.34. The smallest absolute Gasteiger partial charge is 0.422 e. The number of rotatable bonds is 11. The zero-order chi connectivity index (χ0) is 19.5. The van der Waals surface area contributed by atoms with E-state index in [-0.39, 0.29) is 12.4 Å². The predicted molar refractivity (Wildman–Crippen MR) is 83.6 cm³/mol. The van der Waals surface area contributed by atoms with Gasteiger partial charge < -0.3 is 9.75 Å². The zero-order valence-electron chi connectivity index (χ0n) is 13.7. The largest absolute Gasteiger partial charge is 0.468 e. The van der Waals surface area contributed by atoms with E-state index in [2.05, 4.69) is 28.3 Å². The van der Waals surface area contributed by atoms with E-state index in [1.54, 1.807) is 6.92 Å². The first-order valence-corrected chi connectivity index (χ1v) is 7.29. The molecule has 1 unspecified atom stereocenters. The number of hydrazine groups is 1. The van der Waals surface area contributed by atoms with Crippen molar-refractivity contribution in [2.75, 3.05) is 13.2 Å². The number of hydrogen-bond acceptors (Lipinski definition) is 4. The number of nitrogens with one attached hydrogen (secondary N) is 1. The van der Waals surface area contributed by atoms with Crippen molar-refractivity contribution in [3.63, 3.8) is 0 Å². The fourth-order valence-electron chi connectivity index (χ4n) is 1.45. The third kappa shape index (κ3) is 13.0. The number of aliphatic imine (C=N–C) groups is 1. The van der Waals surface area contributed by atoms with Crippen molar-refractivity contribution < 1.29 is 31.1 Å². The molecule has 1 atom stereocenters. The Labute approximate surface area is 142 Å². The monoisotopic (exact) mass is 373 g/mol. The maximum atomic E-state index is 12.3. The molecule has 1 N–H and O–H groups in total. The van der Waals surface area contributed by atoms with Crippen LogP contribution in [-0.4, -0.2) is 42.8 Å². The van der Waals surface area contributed by atoms with Crippen molar-refractivity contribution >= 4 is 6.21 Å². The van der Waals surface area contributed by atoms with Crippen LogP contribution in [0.2, 0.25) is 0 Å². The number of hydrogen-bond donors (Lipinski definition) is 1. The molecule has 0 aromatic carbocycles. The van der Waals surface area contributed by atoms with E-state index >= 15 is 0 Å². The Hall–Kier alpha value is -1.97. The lowest BCUT2D eigenvalue weighted by atomic mass is 10.2. The quantitative estimate of drug-likeness (QED) is 0.192. The molecule has 0 aliphatic heterocycles. The molecule has 10 heteroatoms.